The van der Waals surface area contributed by atoms with Crippen LogP contribution in [0.15, 0.2) is 23.8 Å². The summed E-state index contributed by atoms with van der Waals surface area (Å²) >= 11 is 0. The van der Waals surface area contributed by atoms with Crippen LogP contribution in [0.2, 0.25) is 0 Å². The lowest BCUT2D eigenvalue weighted by Crippen LogP contribution is -2.75. The van der Waals surface area contributed by atoms with Crippen LogP contribution in [-0.4, -0.2) is 120 Å². The Balaban J connectivity index is 1.98. The number of aliphatic hydroxyl groups is 3. The fourth-order valence-corrected chi connectivity index (χ4v) is 7.19. The Labute approximate surface area is 272 Å². The highest BCUT2D eigenvalue weighted by atomic mass is 16.6. The smallest absolute Gasteiger partial charge is 0.344 e. The van der Waals surface area contributed by atoms with Crippen molar-refractivity contribution in [2.75, 3.05) is 26.9 Å². The average molecular weight is 669 g/mol. The van der Waals surface area contributed by atoms with Crippen LogP contribution in [0.4, 0.5) is 0 Å². The molecule has 4 rings (SSSR count). The fourth-order valence-electron chi connectivity index (χ4n) is 7.19. The van der Waals surface area contributed by atoms with Gasteiger partial charge in [0.1, 0.15) is 36.1 Å². The summed E-state index contributed by atoms with van der Waals surface area (Å²) in [7, 11) is 1.40. The van der Waals surface area contributed by atoms with Gasteiger partial charge in [-0.15, -0.1) is 0 Å². The van der Waals surface area contributed by atoms with E-state index >= 15 is 0 Å². The van der Waals surface area contributed by atoms with E-state index in [9.17, 15) is 39.3 Å². The van der Waals surface area contributed by atoms with E-state index in [1.165, 1.54) is 39.2 Å². The third kappa shape index (κ3) is 6.68. The second-order valence-electron chi connectivity index (χ2n) is 13.3. The van der Waals surface area contributed by atoms with E-state index in [2.05, 4.69) is 0 Å². The van der Waals surface area contributed by atoms with Crippen LogP contribution in [0.3, 0.4) is 0 Å². The minimum Gasteiger partial charge on any atom is -0.459 e. The van der Waals surface area contributed by atoms with Gasteiger partial charge >= 0.3 is 29.8 Å². The van der Waals surface area contributed by atoms with Crippen LogP contribution >= 0.6 is 0 Å². The number of methoxy groups -OCH3 is 1. The average Bonchev–Trinajstić information content (AvgIpc) is 3.73. The number of esters is 5. The maximum absolute atomic E-state index is 13.3. The minimum atomic E-state index is -2.33. The third-order valence-corrected chi connectivity index (χ3v) is 9.47. The maximum Gasteiger partial charge on any atom is 0.344 e. The van der Waals surface area contributed by atoms with Crippen molar-refractivity contribution in [3.05, 3.63) is 23.8 Å². The van der Waals surface area contributed by atoms with E-state index in [4.69, 9.17) is 33.2 Å². The molecule has 15 heteroatoms. The number of aliphatic hydroxyl groups excluding tert-OH is 2. The molecule has 0 aromatic rings. The predicted molar refractivity (Wildman–Crippen MR) is 157 cm³/mol. The van der Waals surface area contributed by atoms with Crippen molar-refractivity contribution >= 4 is 29.8 Å². The summed E-state index contributed by atoms with van der Waals surface area (Å²) in [4.78, 5) is 63.9. The van der Waals surface area contributed by atoms with Gasteiger partial charge in [-0.1, -0.05) is 26.8 Å². The first-order valence-electron chi connectivity index (χ1n) is 15.4. The summed E-state index contributed by atoms with van der Waals surface area (Å²) in [6.45, 7) is 7.48. The molecule has 11 atom stereocenters. The van der Waals surface area contributed by atoms with Gasteiger partial charge in [0, 0.05) is 33.3 Å². The molecular weight excluding hydrogens is 624 g/mol. The number of carbonyl (C=O) groups excluding carboxylic acids is 5. The molecule has 1 spiro atoms. The number of ether oxygens (including phenoxy) is 7. The molecule has 0 aromatic heterocycles. The number of rotatable bonds is 9. The molecule has 0 unspecified atom stereocenters. The Bertz CT molecular complexity index is 1320. The molecule has 0 bridgehead atoms. The van der Waals surface area contributed by atoms with Gasteiger partial charge in [-0.25, -0.2) is 4.79 Å². The van der Waals surface area contributed by atoms with Crippen LogP contribution in [0, 0.1) is 23.2 Å². The molecule has 0 radical (unpaired) electrons. The lowest BCUT2D eigenvalue weighted by atomic mass is 9.51. The third-order valence-electron chi connectivity index (χ3n) is 9.47. The second kappa shape index (κ2) is 13.6. The highest BCUT2D eigenvalue weighted by Crippen LogP contribution is 2.62. The van der Waals surface area contributed by atoms with E-state index in [0.717, 1.165) is 13.8 Å². The molecule has 2 aliphatic heterocycles. The molecular formula is C32H44O15. The summed E-state index contributed by atoms with van der Waals surface area (Å²) in [6.07, 6.45) is -5.62. The summed E-state index contributed by atoms with van der Waals surface area (Å²) in [5, 5.41) is 35.6. The van der Waals surface area contributed by atoms with Crippen molar-refractivity contribution < 1.29 is 72.5 Å². The molecule has 2 heterocycles. The molecule has 2 aliphatic carbocycles. The Morgan fingerprint density at radius 2 is 1.66 bits per heavy atom. The normalized spacial score (nSPS) is 41.0. The van der Waals surface area contributed by atoms with Crippen molar-refractivity contribution in [1.82, 2.24) is 0 Å². The molecule has 15 nitrogen and oxygen atoms in total. The van der Waals surface area contributed by atoms with E-state index < -0.39 is 102 Å². The Hall–Kier alpha value is -3.37. The first-order valence-corrected chi connectivity index (χ1v) is 15.4. The zero-order valence-electron chi connectivity index (χ0n) is 27.5. The number of epoxide rings is 1. The quantitative estimate of drug-likeness (QED) is 0.166. The Morgan fingerprint density at radius 3 is 2.21 bits per heavy atom. The number of hydrogen-bond donors (Lipinski definition) is 3. The fraction of sp³-hybridized carbons (Fsp3) is 0.719. The van der Waals surface area contributed by atoms with Gasteiger partial charge in [-0.05, 0) is 30.6 Å². The van der Waals surface area contributed by atoms with Crippen LogP contribution in [-0.2, 0) is 57.1 Å². The molecule has 0 aromatic carbocycles. The molecule has 4 aliphatic rings. The zero-order valence-corrected chi connectivity index (χ0v) is 27.5. The van der Waals surface area contributed by atoms with Crippen molar-refractivity contribution in [1.29, 1.82) is 0 Å². The molecule has 2 saturated heterocycles. The number of hydrogen-bond acceptors (Lipinski definition) is 15. The van der Waals surface area contributed by atoms with Gasteiger partial charge in [0.05, 0.1) is 24.5 Å². The summed E-state index contributed by atoms with van der Waals surface area (Å²) in [5.41, 5.74) is -5.63. The van der Waals surface area contributed by atoms with Crippen molar-refractivity contribution in [2.45, 2.75) is 95.8 Å². The first-order chi connectivity index (χ1) is 21.9. The zero-order chi connectivity index (χ0) is 35.1. The van der Waals surface area contributed by atoms with Gasteiger partial charge in [-0.3, -0.25) is 19.2 Å². The Kier molecular flexibility index (Phi) is 10.6. The lowest BCUT2D eigenvalue weighted by Gasteiger charge is -2.58. The highest BCUT2D eigenvalue weighted by molar-refractivity contribution is 5.78. The van der Waals surface area contributed by atoms with Gasteiger partial charge < -0.3 is 48.5 Å². The molecule has 262 valence electrons. The molecule has 0 amide bonds. The van der Waals surface area contributed by atoms with E-state index in [1.54, 1.807) is 13.8 Å². The van der Waals surface area contributed by atoms with Crippen molar-refractivity contribution in [2.24, 2.45) is 23.2 Å². The summed E-state index contributed by atoms with van der Waals surface area (Å²) in [6, 6.07) is 0. The highest BCUT2D eigenvalue weighted by Gasteiger charge is 2.79. The van der Waals surface area contributed by atoms with E-state index in [0.29, 0.717) is 5.57 Å². The summed E-state index contributed by atoms with van der Waals surface area (Å²) < 4.78 is 39.2. The topological polar surface area (TPSA) is 214 Å². The van der Waals surface area contributed by atoms with Gasteiger partial charge in [-0.2, -0.15) is 0 Å². The largest absolute Gasteiger partial charge is 0.459 e. The SMILES string of the molecule is COCC1=C/[C@@H]2OC(=O)[C@H](C)[C@@]2(O)[C@@H](OC(C)=O)[C@H]2[C@@]3(CO3)[C@H](O)[C@H](O)[C@H](OC(C)=O)[C@]2(C)[C@H](OC(=O)COC(=O)CC(C)C)/C=C\1. The van der Waals surface area contributed by atoms with Crippen LogP contribution in [0.5, 0.6) is 0 Å². The summed E-state index contributed by atoms with van der Waals surface area (Å²) in [5.74, 6) is -7.05. The van der Waals surface area contributed by atoms with Crippen molar-refractivity contribution in [3.63, 3.8) is 0 Å². The molecule has 47 heavy (non-hydrogen) atoms. The Morgan fingerprint density at radius 1 is 1.04 bits per heavy atom. The van der Waals surface area contributed by atoms with Crippen molar-refractivity contribution in [3.8, 4) is 0 Å². The van der Waals surface area contributed by atoms with E-state index in [-0.39, 0.29) is 25.6 Å². The minimum absolute atomic E-state index is 0.0403. The lowest BCUT2D eigenvalue weighted by molar-refractivity contribution is -0.274. The second-order valence-corrected chi connectivity index (χ2v) is 13.3. The van der Waals surface area contributed by atoms with Gasteiger partial charge in [0.2, 0.25) is 0 Å². The monoisotopic (exact) mass is 668 g/mol. The van der Waals surface area contributed by atoms with Gasteiger partial charge in [0.25, 0.3) is 0 Å². The molecule has 3 fully saturated rings. The standard InChI is InChI=1S/C32H44O15/c1-15(2)10-22(35)42-13-23(36)46-20-9-8-19(12-41-7)11-21-32(40,16(3)29(39)47-21)28(45-18(5)34)25-30(20,6)27(44-17(4)33)24(37)26(38)31(25)14-43-31/h8-9,11,15-16,20-21,24-28,37-38,40H,10,12-14H2,1-7H3/b9-8-,19-11+/t16-,20+,21-,24-,25+,26+,27-,28-,30+,31-,32-/m0/s1. The molecule has 1 saturated carbocycles. The number of carbonyl (C=O) groups is 5. The first kappa shape index (κ1) is 36.5. The maximum atomic E-state index is 13.3. The number of fused-ring (bicyclic) bond motifs is 3. The predicted octanol–water partition coefficient (Wildman–Crippen LogP) is -0.0870. The van der Waals surface area contributed by atoms with Crippen LogP contribution in [0.25, 0.3) is 0 Å². The van der Waals surface area contributed by atoms with Gasteiger partial charge in [0.15, 0.2) is 18.3 Å². The van der Waals surface area contributed by atoms with Crippen LogP contribution in [0.1, 0.15) is 48.0 Å². The molecule has 3 N–H and O–H groups in total. The van der Waals surface area contributed by atoms with E-state index in [1.807, 2.05) is 0 Å². The van der Waals surface area contributed by atoms with Crippen LogP contribution < -0.4 is 0 Å².